The number of hydrogen-bond acceptors (Lipinski definition) is 3. The van der Waals surface area contributed by atoms with Crippen molar-refractivity contribution in [2.75, 3.05) is 0 Å². The zero-order valence-corrected chi connectivity index (χ0v) is 33.6. The molecule has 0 aliphatic carbocycles. The maximum Gasteiger partial charge on any atom is 0.235 e. The van der Waals surface area contributed by atoms with E-state index in [2.05, 4.69) is 215 Å². The highest BCUT2D eigenvalue weighted by Crippen LogP contribution is 2.44. The molecule has 5 heteroatoms. The average molecular weight is 795 g/mol. The van der Waals surface area contributed by atoms with Crippen LogP contribution in [0.15, 0.2) is 206 Å². The number of nitrogens with zero attached hydrogens (tertiary/aromatic N) is 4. The van der Waals surface area contributed by atoms with Gasteiger partial charge in [-0.25, -0.2) is 9.97 Å². The van der Waals surface area contributed by atoms with Crippen molar-refractivity contribution in [1.82, 2.24) is 19.1 Å². The number of aromatic nitrogens is 4. The highest BCUT2D eigenvalue weighted by Gasteiger charge is 2.22. The predicted octanol–water partition coefficient (Wildman–Crippen LogP) is 15.2. The Hall–Kier alpha value is -7.86. The molecular weight excluding hydrogens is 761 g/mol. The summed E-state index contributed by atoms with van der Waals surface area (Å²) < 4.78 is 5.78. The Balaban J connectivity index is 1.10. The normalized spacial score (nSPS) is 11.9. The van der Waals surface area contributed by atoms with E-state index in [0.29, 0.717) is 5.95 Å². The van der Waals surface area contributed by atoms with Crippen LogP contribution in [0.2, 0.25) is 0 Å². The minimum atomic E-state index is 0.659. The van der Waals surface area contributed by atoms with Gasteiger partial charge in [0.05, 0.1) is 38.0 Å². The molecule has 0 spiro atoms. The van der Waals surface area contributed by atoms with Gasteiger partial charge in [-0.2, -0.15) is 0 Å². The Kier molecular flexibility index (Phi) is 7.44. The first-order chi connectivity index (χ1) is 30.2. The molecule has 4 heterocycles. The van der Waals surface area contributed by atoms with Crippen LogP contribution in [-0.2, 0) is 0 Å². The van der Waals surface area contributed by atoms with E-state index in [4.69, 9.17) is 9.97 Å². The van der Waals surface area contributed by atoms with Crippen molar-refractivity contribution in [2.24, 2.45) is 0 Å². The highest BCUT2D eigenvalue weighted by molar-refractivity contribution is 7.22. The topological polar surface area (TPSA) is 35.6 Å². The van der Waals surface area contributed by atoms with Crippen LogP contribution < -0.4 is 0 Å². The van der Waals surface area contributed by atoms with Gasteiger partial charge in [0, 0.05) is 37.7 Å². The largest absolute Gasteiger partial charge is 0.309 e. The van der Waals surface area contributed by atoms with Crippen molar-refractivity contribution in [2.45, 2.75) is 0 Å². The minimum Gasteiger partial charge on any atom is -0.309 e. The van der Waals surface area contributed by atoms with Gasteiger partial charge in [0.15, 0.2) is 0 Å². The molecule has 0 N–H and O–H groups in total. The molecule has 0 fully saturated rings. The standard InChI is InChI=1S/C56H34N4S/c1-4-16-36(17-5-1)51-34-46-55(61-51)54(37-18-6-2-7-19-37)58-56(57-46)60-47-29-28-40(32-44(47)45-31-38-20-10-11-21-39(38)33-50(45)60)43-25-14-26-48-53(43)52-42-24-13-12-15-35(42)27-30-49(52)59(48)41-22-8-3-9-23-41/h1-34H. The smallest absolute Gasteiger partial charge is 0.235 e. The van der Waals surface area contributed by atoms with Gasteiger partial charge in [-0.15, -0.1) is 11.3 Å². The number of fused-ring (bicyclic) bond motifs is 10. The summed E-state index contributed by atoms with van der Waals surface area (Å²) in [5.41, 5.74) is 12.2. The Morgan fingerprint density at radius 3 is 1.84 bits per heavy atom. The molecule has 0 atom stereocenters. The van der Waals surface area contributed by atoms with Crippen LogP contribution in [0.1, 0.15) is 0 Å². The SMILES string of the molecule is c1ccc(-c2cc3nc(-n4c5ccc(-c6cccc7c6c6c8ccccc8ccc6n7-c6ccccc6)cc5c5cc6ccccc6cc54)nc(-c4ccccc4)c3s2)cc1. The van der Waals surface area contributed by atoms with E-state index in [1.807, 2.05) is 0 Å². The fourth-order valence-electron chi connectivity index (χ4n) is 9.57. The van der Waals surface area contributed by atoms with Crippen molar-refractivity contribution in [3.8, 4) is 44.5 Å². The van der Waals surface area contributed by atoms with E-state index < -0.39 is 0 Å². The first-order valence-electron chi connectivity index (χ1n) is 20.7. The van der Waals surface area contributed by atoms with Gasteiger partial charge < -0.3 is 4.57 Å². The van der Waals surface area contributed by atoms with Crippen LogP contribution in [-0.4, -0.2) is 19.1 Å². The first-order valence-corrected chi connectivity index (χ1v) is 21.5. The molecule has 0 bridgehead atoms. The van der Waals surface area contributed by atoms with E-state index >= 15 is 0 Å². The number of rotatable bonds is 5. The summed E-state index contributed by atoms with van der Waals surface area (Å²) in [6, 6.07) is 74.4. The Morgan fingerprint density at radius 1 is 0.377 bits per heavy atom. The van der Waals surface area contributed by atoms with Gasteiger partial charge in [0.2, 0.25) is 5.95 Å². The summed E-state index contributed by atoms with van der Waals surface area (Å²) in [5.74, 6) is 0.659. The quantitative estimate of drug-likeness (QED) is 0.174. The second-order valence-corrected chi connectivity index (χ2v) is 16.8. The van der Waals surface area contributed by atoms with Crippen LogP contribution in [0.5, 0.6) is 0 Å². The molecule has 13 aromatic rings. The molecule has 0 unspecified atom stereocenters. The zero-order valence-electron chi connectivity index (χ0n) is 32.8. The maximum atomic E-state index is 5.48. The number of hydrogen-bond donors (Lipinski definition) is 0. The lowest BCUT2D eigenvalue weighted by molar-refractivity contribution is 1.02. The zero-order chi connectivity index (χ0) is 40.0. The van der Waals surface area contributed by atoms with Gasteiger partial charge in [-0.3, -0.25) is 4.57 Å². The summed E-state index contributed by atoms with van der Waals surface area (Å²) in [6.45, 7) is 0. The van der Waals surface area contributed by atoms with Gasteiger partial charge >= 0.3 is 0 Å². The summed E-state index contributed by atoms with van der Waals surface area (Å²) >= 11 is 1.75. The fourth-order valence-corrected chi connectivity index (χ4v) is 10.7. The lowest BCUT2D eigenvalue weighted by Gasteiger charge is -2.11. The molecule has 0 saturated carbocycles. The van der Waals surface area contributed by atoms with E-state index in [-0.39, 0.29) is 0 Å². The molecule has 0 aliphatic rings. The average Bonchev–Trinajstić information content (AvgIpc) is 4.01. The number of para-hydroxylation sites is 1. The van der Waals surface area contributed by atoms with E-state index in [1.54, 1.807) is 11.3 Å². The molecule has 0 amide bonds. The molecule has 4 nitrogen and oxygen atoms in total. The van der Waals surface area contributed by atoms with Crippen LogP contribution in [0, 0.1) is 0 Å². The molecule has 13 rings (SSSR count). The van der Waals surface area contributed by atoms with Crippen LogP contribution in [0.25, 0.3) is 120 Å². The summed E-state index contributed by atoms with van der Waals surface area (Å²) in [6.07, 6.45) is 0. The van der Waals surface area contributed by atoms with Crippen molar-refractivity contribution in [1.29, 1.82) is 0 Å². The predicted molar refractivity (Wildman–Crippen MR) is 257 cm³/mol. The summed E-state index contributed by atoms with van der Waals surface area (Å²) in [7, 11) is 0. The number of benzene rings is 9. The molecular formula is C56H34N4S. The third-order valence-corrected chi connectivity index (χ3v) is 13.5. The van der Waals surface area contributed by atoms with Crippen LogP contribution in [0.4, 0.5) is 0 Å². The first kappa shape index (κ1) is 34.0. The molecule has 284 valence electrons. The fraction of sp³-hybridized carbons (Fsp3) is 0. The van der Waals surface area contributed by atoms with Gasteiger partial charge in [0.25, 0.3) is 0 Å². The Labute approximate surface area is 354 Å². The van der Waals surface area contributed by atoms with Crippen molar-refractivity contribution < 1.29 is 0 Å². The Bertz CT molecular complexity index is 3860. The third kappa shape index (κ3) is 5.24. The van der Waals surface area contributed by atoms with Crippen molar-refractivity contribution >= 4 is 86.7 Å². The van der Waals surface area contributed by atoms with Crippen molar-refractivity contribution in [3.63, 3.8) is 0 Å². The summed E-state index contributed by atoms with van der Waals surface area (Å²) in [5, 5.41) is 9.70. The van der Waals surface area contributed by atoms with Gasteiger partial charge in [0.1, 0.15) is 0 Å². The van der Waals surface area contributed by atoms with E-state index in [1.165, 1.54) is 64.7 Å². The summed E-state index contributed by atoms with van der Waals surface area (Å²) in [4.78, 5) is 12.1. The number of thiophene rings is 1. The molecule has 4 aromatic heterocycles. The molecule has 9 aromatic carbocycles. The lowest BCUT2D eigenvalue weighted by Crippen LogP contribution is -2.02. The minimum absolute atomic E-state index is 0.659. The molecule has 0 aliphatic heterocycles. The molecule has 0 saturated heterocycles. The van der Waals surface area contributed by atoms with Gasteiger partial charge in [-0.1, -0.05) is 152 Å². The highest BCUT2D eigenvalue weighted by atomic mass is 32.1. The second-order valence-electron chi connectivity index (χ2n) is 15.8. The van der Waals surface area contributed by atoms with Crippen LogP contribution >= 0.6 is 11.3 Å². The molecule has 0 radical (unpaired) electrons. The van der Waals surface area contributed by atoms with E-state index in [0.717, 1.165) is 49.1 Å². The van der Waals surface area contributed by atoms with Crippen molar-refractivity contribution in [3.05, 3.63) is 206 Å². The lowest BCUT2D eigenvalue weighted by atomic mass is 9.95. The Morgan fingerprint density at radius 2 is 1.03 bits per heavy atom. The van der Waals surface area contributed by atoms with E-state index in [9.17, 15) is 0 Å². The second kappa shape index (κ2) is 13.3. The third-order valence-electron chi connectivity index (χ3n) is 12.3. The van der Waals surface area contributed by atoms with Crippen LogP contribution in [0.3, 0.4) is 0 Å². The monoisotopic (exact) mass is 794 g/mol. The van der Waals surface area contributed by atoms with Gasteiger partial charge in [-0.05, 0) is 92.8 Å². The maximum absolute atomic E-state index is 5.48. The molecule has 61 heavy (non-hydrogen) atoms.